The van der Waals surface area contributed by atoms with Gasteiger partial charge in [0.2, 0.25) is 0 Å². The normalized spacial score (nSPS) is 16.6. The lowest BCUT2D eigenvalue weighted by molar-refractivity contribution is 0.565. The summed E-state index contributed by atoms with van der Waals surface area (Å²) in [5.74, 6) is 1.53. The molecular formula is C14H11ClN2O. The van der Waals surface area contributed by atoms with Crippen LogP contribution in [0, 0.1) is 0 Å². The van der Waals surface area contributed by atoms with Crippen LogP contribution < -0.4 is 0 Å². The number of aromatic nitrogens is 1. The van der Waals surface area contributed by atoms with Crippen LogP contribution in [0.25, 0.3) is 17.0 Å². The van der Waals surface area contributed by atoms with Crippen LogP contribution in [0.1, 0.15) is 12.7 Å². The van der Waals surface area contributed by atoms with Gasteiger partial charge >= 0.3 is 0 Å². The number of hydrogen-bond acceptors (Lipinski definition) is 2. The van der Waals surface area contributed by atoms with Gasteiger partial charge < -0.3 is 9.40 Å². The maximum Gasteiger partial charge on any atom is 0.152 e. The van der Waals surface area contributed by atoms with Crippen molar-refractivity contribution in [2.75, 3.05) is 0 Å². The van der Waals surface area contributed by atoms with E-state index in [1.54, 1.807) is 18.5 Å². The maximum absolute atomic E-state index is 6.05. The van der Waals surface area contributed by atoms with Crippen LogP contribution in [-0.4, -0.2) is 11.2 Å². The first-order valence-corrected chi connectivity index (χ1v) is 5.98. The molecule has 0 bridgehead atoms. The number of aliphatic imine (C=N–C) groups is 1. The lowest BCUT2D eigenvalue weighted by Crippen LogP contribution is -1.79. The van der Waals surface area contributed by atoms with E-state index in [0.717, 1.165) is 28.5 Å². The Kier molecular flexibility index (Phi) is 2.68. The Balaban J connectivity index is 2.00. The van der Waals surface area contributed by atoms with Crippen LogP contribution in [0.3, 0.4) is 0 Å². The quantitative estimate of drug-likeness (QED) is 0.857. The molecule has 0 aromatic carbocycles. The SMILES string of the molecule is C/C(=C1\C=CC=N1)c1ccc(-c2[nH]ccc2Cl)o1. The average molecular weight is 259 g/mol. The molecule has 0 aliphatic carbocycles. The van der Waals surface area contributed by atoms with Gasteiger partial charge in [0.1, 0.15) is 11.5 Å². The Morgan fingerprint density at radius 3 is 2.89 bits per heavy atom. The molecule has 3 rings (SSSR count). The van der Waals surface area contributed by atoms with E-state index in [0.29, 0.717) is 5.02 Å². The predicted octanol–water partition coefficient (Wildman–Crippen LogP) is 4.30. The molecule has 1 aliphatic heterocycles. The fraction of sp³-hybridized carbons (Fsp3) is 0.0714. The first-order valence-electron chi connectivity index (χ1n) is 5.61. The lowest BCUT2D eigenvalue weighted by Gasteiger charge is -1.99. The van der Waals surface area contributed by atoms with Crippen molar-refractivity contribution in [3.05, 3.63) is 53.0 Å². The van der Waals surface area contributed by atoms with Gasteiger partial charge in [0, 0.05) is 18.0 Å². The number of aromatic amines is 1. The molecule has 90 valence electrons. The molecule has 18 heavy (non-hydrogen) atoms. The van der Waals surface area contributed by atoms with Gasteiger partial charge in [-0.2, -0.15) is 0 Å². The molecule has 2 aromatic rings. The van der Waals surface area contributed by atoms with E-state index < -0.39 is 0 Å². The summed E-state index contributed by atoms with van der Waals surface area (Å²) in [5.41, 5.74) is 2.73. The highest BCUT2D eigenvalue weighted by Gasteiger charge is 2.12. The maximum atomic E-state index is 6.05. The number of hydrogen-bond donors (Lipinski definition) is 1. The van der Waals surface area contributed by atoms with Crippen molar-refractivity contribution in [2.24, 2.45) is 4.99 Å². The summed E-state index contributed by atoms with van der Waals surface area (Å²) < 4.78 is 5.80. The van der Waals surface area contributed by atoms with E-state index >= 15 is 0 Å². The van der Waals surface area contributed by atoms with Gasteiger partial charge in [-0.15, -0.1) is 0 Å². The monoisotopic (exact) mass is 258 g/mol. The van der Waals surface area contributed by atoms with Crippen molar-refractivity contribution in [3.8, 4) is 11.5 Å². The van der Waals surface area contributed by atoms with Crippen LogP contribution in [0.15, 0.2) is 51.7 Å². The standard InChI is InChI=1S/C14H11ClN2O/c1-9(11-3-2-7-16-11)12-4-5-13(18-12)14-10(15)6-8-17-14/h2-8,17H,1H3/b11-9-. The number of nitrogens with one attached hydrogen (secondary N) is 1. The van der Waals surface area contributed by atoms with Gasteiger partial charge in [0.15, 0.2) is 5.76 Å². The van der Waals surface area contributed by atoms with Crippen LogP contribution in [0.5, 0.6) is 0 Å². The van der Waals surface area contributed by atoms with Gasteiger partial charge in [-0.05, 0) is 37.3 Å². The molecule has 0 amide bonds. The molecule has 0 spiro atoms. The van der Waals surface area contributed by atoms with Crippen molar-refractivity contribution >= 4 is 23.4 Å². The second-order valence-corrected chi connectivity index (χ2v) is 4.42. The smallest absolute Gasteiger partial charge is 0.152 e. The number of H-pyrrole nitrogens is 1. The number of halogens is 1. The fourth-order valence-electron chi connectivity index (χ4n) is 1.86. The molecule has 1 N–H and O–H groups in total. The van der Waals surface area contributed by atoms with E-state index in [2.05, 4.69) is 9.98 Å². The Hall–Kier alpha value is -2.00. The third-order valence-electron chi connectivity index (χ3n) is 2.86. The molecule has 0 saturated heterocycles. The molecule has 2 aromatic heterocycles. The molecule has 0 fully saturated rings. The van der Waals surface area contributed by atoms with E-state index in [4.69, 9.17) is 16.0 Å². The Bertz CT molecular complexity index is 660. The van der Waals surface area contributed by atoms with Gasteiger partial charge in [0.25, 0.3) is 0 Å². The minimum absolute atomic E-state index is 0.653. The molecule has 3 nitrogen and oxygen atoms in total. The van der Waals surface area contributed by atoms with E-state index in [-0.39, 0.29) is 0 Å². The molecule has 1 aliphatic rings. The van der Waals surface area contributed by atoms with Gasteiger partial charge in [0.05, 0.1) is 10.7 Å². The molecule has 3 heterocycles. The summed E-state index contributed by atoms with van der Waals surface area (Å²) in [6.45, 7) is 1.99. The lowest BCUT2D eigenvalue weighted by atomic mass is 10.2. The summed E-state index contributed by atoms with van der Waals surface area (Å²) in [6, 6.07) is 5.63. The minimum Gasteiger partial charge on any atom is -0.455 e. The number of rotatable bonds is 2. The second kappa shape index (κ2) is 4.35. The van der Waals surface area contributed by atoms with Crippen molar-refractivity contribution in [1.82, 2.24) is 4.98 Å². The van der Waals surface area contributed by atoms with Crippen molar-refractivity contribution in [3.63, 3.8) is 0 Å². The number of furan rings is 1. The highest BCUT2D eigenvalue weighted by atomic mass is 35.5. The molecule has 0 saturated carbocycles. The molecule has 4 heteroatoms. The third-order valence-corrected chi connectivity index (χ3v) is 3.17. The van der Waals surface area contributed by atoms with E-state index in [9.17, 15) is 0 Å². The topological polar surface area (TPSA) is 41.3 Å². The second-order valence-electron chi connectivity index (χ2n) is 4.01. The van der Waals surface area contributed by atoms with Gasteiger partial charge in [-0.3, -0.25) is 4.99 Å². The fourth-order valence-corrected chi connectivity index (χ4v) is 2.07. The molecule has 0 radical (unpaired) electrons. The van der Waals surface area contributed by atoms with Crippen molar-refractivity contribution in [1.29, 1.82) is 0 Å². The largest absolute Gasteiger partial charge is 0.455 e. The zero-order valence-corrected chi connectivity index (χ0v) is 10.5. The highest BCUT2D eigenvalue weighted by Crippen LogP contribution is 2.31. The number of nitrogens with zero attached hydrogens (tertiary/aromatic N) is 1. The van der Waals surface area contributed by atoms with Crippen molar-refractivity contribution < 1.29 is 4.42 Å². The Morgan fingerprint density at radius 1 is 1.33 bits per heavy atom. The average Bonchev–Trinajstić information content (AvgIpc) is 3.09. The number of allylic oxidation sites excluding steroid dienone is 3. The first-order chi connectivity index (χ1) is 8.75. The minimum atomic E-state index is 0.653. The zero-order chi connectivity index (χ0) is 12.5. The highest BCUT2D eigenvalue weighted by molar-refractivity contribution is 6.33. The van der Waals surface area contributed by atoms with Crippen LogP contribution in [0.4, 0.5) is 0 Å². The summed E-state index contributed by atoms with van der Waals surface area (Å²) >= 11 is 6.05. The van der Waals surface area contributed by atoms with Crippen LogP contribution >= 0.6 is 11.6 Å². The summed E-state index contributed by atoms with van der Waals surface area (Å²) in [6.07, 6.45) is 7.42. The van der Waals surface area contributed by atoms with E-state index in [1.807, 2.05) is 31.2 Å². The molecular weight excluding hydrogens is 248 g/mol. The Labute approximate surface area is 109 Å². The summed E-state index contributed by atoms with van der Waals surface area (Å²) in [4.78, 5) is 7.31. The van der Waals surface area contributed by atoms with Crippen molar-refractivity contribution in [2.45, 2.75) is 6.92 Å². The summed E-state index contributed by atoms with van der Waals surface area (Å²) in [5, 5.41) is 0.653. The van der Waals surface area contributed by atoms with E-state index in [1.165, 1.54) is 0 Å². The Morgan fingerprint density at radius 2 is 2.22 bits per heavy atom. The zero-order valence-electron chi connectivity index (χ0n) is 9.77. The summed E-state index contributed by atoms with van der Waals surface area (Å²) in [7, 11) is 0. The van der Waals surface area contributed by atoms with Gasteiger partial charge in [-0.25, -0.2) is 0 Å². The first kappa shape index (κ1) is 11.1. The predicted molar refractivity (Wildman–Crippen MR) is 73.7 cm³/mol. The molecule has 0 unspecified atom stereocenters. The third kappa shape index (κ3) is 1.83. The molecule has 0 atom stereocenters. The van der Waals surface area contributed by atoms with Crippen LogP contribution in [0.2, 0.25) is 5.02 Å². The van der Waals surface area contributed by atoms with Gasteiger partial charge in [-0.1, -0.05) is 11.6 Å². The van der Waals surface area contributed by atoms with Crippen LogP contribution in [-0.2, 0) is 0 Å².